The molecule has 1 aliphatic heterocycles. The number of hydrogen-bond donors (Lipinski definition) is 2. The van der Waals surface area contributed by atoms with Crippen LogP contribution >= 0.6 is 0 Å². The molecule has 1 atom stereocenters. The number of nitrogens with one attached hydrogen (secondary N) is 1. The Kier molecular flexibility index (Phi) is 3.80. The third kappa shape index (κ3) is 2.72. The Morgan fingerprint density at radius 1 is 1.47 bits per heavy atom. The maximum atomic E-state index is 13.5. The summed E-state index contributed by atoms with van der Waals surface area (Å²) in [5.74, 6) is -0.599. The van der Waals surface area contributed by atoms with Gasteiger partial charge in [0.1, 0.15) is 5.82 Å². The number of halogens is 1. The molecule has 7 heteroatoms. The van der Waals surface area contributed by atoms with E-state index in [4.69, 9.17) is 10.5 Å². The molecular formula is C12H17FN2O3S. The van der Waals surface area contributed by atoms with E-state index in [1.807, 2.05) is 0 Å². The van der Waals surface area contributed by atoms with Crippen LogP contribution in [0.3, 0.4) is 0 Å². The lowest BCUT2D eigenvalue weighted by Gasteiger charge is -2.16. The highest BCUT2D eigenvalue weighted by atomic mass is 32.2. The standard InChI is InChI=1S/C12H17FN2O3S/c1-7-5-10(13)11(14)8(2)12(7)19(16,17)15-9-3-4-18-6-9/h5,9,15H,3-4,6,14H2,1-2H3. The normalized spacial score (nSPS) is 19.8. The summed E-state index contributed by atoms with van der Waals surface area (Å²) in [5, 5.41) is 0. The van der Waals surface area contributed by atoms with Crippen molar-refractivity contribution in [2.75, 3.05) is 18.9 Å². The summed E-state index contributed by atoms with van der Waals surface area (Å²) in [5.41, 5.74) is 6.02. The lowest BCUT2D eigenvalue weighted by atomic mass is 10.1. The molecule has 19 heavy (non-hydrogen) atoms. The van der Waals surface area contributed by atoms with Crippen LogP contribution in [0.2, 0.25) is 0 Å². The van der Waals surface area contributed by atoms with Crippen LogP contribution in [0.5, 0.6) is 0 Å². The number of ether oxygens (including phenoxy) is 1. The van der Waals surface area contributed by atoms with E-state index in [0.717, 1.165) is 6.07 Å². The molecule has 2 rings (SSSR count). The Hall–Kier alpha value is -1.18. The zero-order chi connectivity index (χ0) is 14.2. The minimum Gasteiger partial charge on any atom is -0.396 e. The minimum atomic E-state index is -3.72. The van der Waals surface area contributed by atoms with Crippen LogP contribution in [0.15, 0.2) is 11.0 Å². The van der Waals surface area contributed by atoms with Gasteiger partial charge in [0.15, 0.2) is 0 Å². The highest BCUT2D eigenvalue weighted by molar-refractivity contribution is 7.89. The van der Waals surface area contributed by atoms with E-state index in [0.29, 0.717) is 25.2 Å². The first kappa shape index (κ1) is 14.2. The van der Waals surface area contributed by atoms with Gasteiger partial charge in [-0.1, -0.05) is 0 Å². The number of nitrogen functional groups attached to an aromatic ring is 1. The molecule has 0 radical (unpaired) electrons. The molecule has 1 fully saturated rings. The molecule has 1 aromatic rings. The van der Waals surface area contributed by atoms with E-state index >= 15 is 0 Å². The molecule has 0 saturated carbocycles. The fourth-order valence-electron chi connectivity index (χ4n) is 2.25. The van der Waals surface area contributed by atoms with E-state index in [1.165, 1.54) is 6.92 Å². The van der Waals surface area contributed by atoms with Crippen LogP contribution in [0.1, 0.15) is 17.5 Å². The quantitative estimate of drug-likeness (QED) is 0.816. The molecule has 1 aromatic carbocycles. The molecule has 0 amide bonds. The van der Waals surface area contributed by atoms with Gasteiger partial charge < -0.3 is 10.5 Å². The van der Waals surface area contributed by atoms with Gasteiger partial charge in [-0.2, -0.15) is 0 Å². The maximum Gasteiger partial charge on any atom is 0.241 e. The second-order valence-corrected chi connectivity index (χ2v) is 6.38. The van der Waals surface area contributed by atoms with Crippen LogP contribution < -0.4 is 10.5 Å². The summed E-state index contributed by atoms with van der Waals surface area (Å²) in [4.78, 5) is 0.0540. The van der Waals surface area contributed by atoms with Gasteiger partial charge in [0.2, 0.25) is 10.0 Å². The Balaban J connectivity index is 2.42. The number of benzene rings is 1. The topological polar surface area (TPSA) is 81.4 Å². The Bertz CT molecular complexity index is 595. The van der Waals surface area contributed by atoms with E-state index in [9.17, 15) is 12.8 Å². The van der Waals surface area contributed by atoms with Crippen molar-refractivity contribution in [2.24, 2.45) is 0 Å². The molecule has 5 nitrogen and oxygen atoms in total. The molecule has 1 heterocycles. The molecule has 1 unspecified atom stereocenters. The number of hydrogen-bond acceptors (Lipinski definition) is 4. The van der Waals surface area contributed by atoms with Crippen LogP contribution in [0, 0.1) is 19.7 Å². The highest BCUT2D eigenvalue weighted by Gasteiger charge is 2.27. The Morgan fingerprint density at radius 3 is 2.74 bits per heavy atom. The first-order chi connectivity index (χ1) is 8.83. The average Bonchev–Trinajstić information content (AvgIpc) is 2.77. The Labute approximate surface area is 112 Å². The van der Waals surface area contributed by atoms with Gasteiger partial charge in [0.25, 0.3) is 0 Å². The summed E-state index contributed by atoms with van der Waals surface area (Å²) in [6.45, 7) is 3.95. The van der Waals surface area contributed by atoms with Gasteiger partial charge in [0.05, 0.1) is 17.2 Å². The third-order valence-electron chi connectivity index (χ3n) is 3.22. The van der Waals surface area contributed by atoms with Crippen LogP contribution in [0.25, 0.3) is 0 Å². The SMILES string of the molecule is Cc1cc(F)c(N)c(C)c1S(=O)(=O)NC1CCOC1. The van der Waals surface area contributed by atoms with Crippen LogP contribution in [0.4, 0.5) is 10.1 Å². The smallest absolute Gasteiger partial charge is 0.241 e. The summed E-state index contributed by atoms with van der Waals surface area (Å²) < 4.78 is 45.9. The van der Waals surface area contributed by atoms with Crippen LogP contribution in [-0.4, -0.2) is 27.7 Å². The fourth-order valence-corrected chi connectivity index (χ4v) is 3.99. The first-order valence-electron chi connectivity index (χ1n) is 5.98. The van der Waals surface area contributed by atoms with Gasteiger partial charge >= 0.3 is 0 Å². The van der Waals surface area contributed by atoms with Gasteiger partial charge in [-0.05, 0) is 37.5 Å². The monoisotopic (exact) mass is 288 g/mol. The zero-order valence-electron chi connectivity index (χ0n) is 10.9. The molecule has 0 spiro atoms. The van der Waals surface area contributed by atoms with E-state index in [-0.39, 0.29) is 22.2 Å². The number of nitrogens with two attached hydrogens (primary N) is 1. The van der Waals surface area contributed by atoms with Gasteiger partial charge in [-0.15, -0.1) is 0 Å². The lowest BCUT2D eigenvalue weighted by molar-refractivity contribution is 0.192. The molecule has 1 aliphatic rings. The largest absolute Gasteiger partial charge is 0.396 e. The molecule has 1 saturated heterocycles. The second kappa shape index (κ2) is 5.07. The van der Waals surface area contributed by atoms with Crippen molar-refractivity contribution >= 4 is 15.7 Å². The number of anilines is 1. The fraction of sp³-hybridized carbons (Fsp3) is 0.500. The highest BCUT2D eigenvalue weighted by Crippen LogP contribution is 2.27. The lowest BCUT2D eigenvalue weighted by Crippen LogP contribution is -2.35. The van der Waals surface area contributed by atoms with Crippen molar-refractivity contribution in [3.8, 4) is 0 Å². The second-order valence-electron chi connectivity index (χ2n) is 4.72. The third-order valence-corrected chi connectivity index (χ3v) is 5.03. The van der Waals surface area contributed by atoms with E-state index in [2.05, 4.69) is 4.72 Å². The average molecular weight is 288 g/mol. The van der Waals surface area contributed by atoms with Crippen molar-refractivity contribution in [1.29, 1.82) is 0 Å². The summed E-state index contributed by atoms with van der Waals surface area (Å²) in [6, 6.07) is 0.900. The zero-order valence-corrected chi connectivity index (χ0v) is 11.7. The number of sulfonamides is 1. The molecule has 3 N–H and O–H groups in total. The van der Waals surface area contributed by atoms with E-state index < -0.39 is 15.8 Å². The van der Waals surface area contributed by atoms with Crippen molar-refractivity contribution in [3.63, 3.8) is 0 Å². The predicted octanol–water partition coefficient (Wildman–Crippen LogP) is 1.09. The molecule has 106 valence electrons. The van der Waals surface area contributed by atoms with Crippen molar-refractivity contribution in [2.45, 2.75) is 31.2 Å². The summed E-state index contributed by atoms with van der Waals surface area (Å²) in [7, 11) is -3.72. The number of aryl methyl sites for hydroxylation is 1. The molecular weight excluding hydrogens is 271 g/mol. The summed E-state index contributed by atoms with van der Waals surface area (Å²) in [6.07, 6.45) is 0.633. The maximum absolute atomic E-state index is 13.5. The minimum absolute atomic E-state index is 0.0540. The van der Waals surface area contributed by atoms with Crippen LogP contribution in [-0.2, 0) is 14.8 Å². The molecule has 0 bridgehead atoms. The van der Waals surface area contributed by atoms with Gasteiger partial charge in [0, 0.05) is 12.6 Å². The molecule has 0 aliphatic carbocycles. The van der Waals surface area contributed by atoms with Gasteiger partial charge in [-0.3, -0.25) is 0 Å². The molecule has 0 aromatic heterocycles. The van der Waals surface area contributed by atoms with Crippen molar-refractivity contribution in [3.05, 3.63) is 23.0 Å². The van der Waals surface area contributed by atoms with Gasteiger partial charge in [-0.25, -0.2) is 17.5 Å². The first-order valence-corrected chi connectivity index (χ1v) is 7.46. The summed E-state index contributed by atoms with van der Waals surface area (Å²) >= 11 is 0. The van der Waals surface area contributed by atoms with Crippen molar-refractivity contribution < 1.29 is 17.5 Å². The predicted molar refractivity (Wildman–Crippen MR) is 69.8 cm³/mol. The Morgan fingerprint density at radius 2 is 2.16 bits per heavy atom. The number of rotatable bonds is 3. The van der Waals surface area contributed by atoms with E-state index in [1.54, 1.807) is 6.92 Å². The van der Waals surface area contributed by atoms with Crippen molar-refractivity contribution in [1.82, 2.24) is 4.72 Å².